The lowest BCUT2D eigenvalue weighted by Crippen LogP contribution is -2.42. The van der Waals surface area contributed by atoms with Gasteiger partial charge in [0.25, 0.3) is 0 Å². The number of halogens is 1. The summed E-state index contributed by atoms with van der Waals surface area (Å²) in [7, 11) is 0. The van der Waals surface area contributed by atoms with Gasteiger partial charge in [0.1, 0.15) is 0 Å². The van der Waals surface area contributed by atoms with Crippen molar-refractivity contribution in [3.8, 4) is 0 Å². The Hall–Kier alpha value is -0.580. The lowest BCUT2D eigenvalue weighted by Gasteiger charge is -2.24. The molecule has 1 heterocycles. The Morgan fingerprint density at radius 2 is 2.47 bits per heavy atom. The number of fused-ring (bicyclic) bond motifs is 1. The van der Waals surface area contributed by atoms with E-state index in [1.54, 1.807) is 11.3 Å². The number of aryl methyl sites for hydroxylation is 1. The van der Waals surface area contributed by atoms with Gasteiger partial charge in [-0.15, -0.1) is 23.7 Å². The largest absolute Gasteiger partial charge is 0.348 e. The molecule has 17 heavy (non-hydrogen) atoms. The predicted octanol–water partition coefficient (Wildman–Crippen LogP) is 2.40. The first kappa shape index (κ1) is 14.5. The van der Waals surface area contributed by atoms with Crippen LogP contribution in [-0.4, -0.2) is 11.9 Å². The number of rotatable bonds is 3. The lowest BCUT2D eigenvalue weighted by atomic mass is 9.94. The Morgan fingerprint density at radius 1 is 1.71 bits per heavy atom. The number of nitrogens with one attached hydrogen (secondary N) is 1. The Balaban J connectivity index is 0.00000144. The fraction of sp³-hybridized carbons (Fsp3) is 0.583. The van der Waals surface area contributed by atoms with Gasteiger partial charge >= 0.3 is 0 Å². The van der Waals surface area contributed by atoms with E-state index in [-0.39, 0.29) is 30.4 Å². The molecule has 2 rings (SSSR count). The average molecular weight is 275 g/mol. The number of carbonyl (C=O) groups is 1. The topological polar surface area (TPSA) is 55.1 Å². The van der Waals surface area contributed by atoms with E-state index in [4.69, 9.17) is 5.73 Å². The van der Waals surface area contributed by atoms with Crippen LogP contribution >= 0.6 is 23.7 Å². The molecule has 1 aliphatic carbocycles. The van der Waals surface area contributed by atoms with Crippen molar-refractivity contribution in [1.29, 1.82) is 0 Å². The molecule has 5 heteroatoms. The average Bonchev–Trinajstić information content (AvgIpc) is 2.77. The molecule has 1 aliphatic rings. The molecule has 0 radical (unpaired) electrons. The quantitative estimate of drug-likeness (QED) is 0.889. The molecular weight excluding hydrogens is 256 g/mol. The monoisotopic (exact) mass is 274 g/mol. The maximum absolute atomic E-state index is 11.7. The van der Waals surface area contributed by atoms with Crippen molar-refractivity contribution in [3.63, 3.8) is 0 Å². The Labute approximate surface area is 112 Å². The summed E-state index contributed by atoms with van der Waals surface area (Å²) in [6.07, 6.45) is 4.03. The zero-order valence-electron chi connectivity index (χ0n) is 9.94. The number of thiophene rings is 1. The molecule has 1 aromatic rings. The Kier molecular flexibility index (Phi) is 5.43. The molecule has 1 amide bonds. The van der Waals surface area contributed by atoms with Gasteiger partial charge in [0.05, 0.1) is 12.1 Å². The van der Waals surface area contributed by atoms with Crippen LogP contribution in [0.15, 0.2) is 11.4 Å². The van der Waals surface area contributed by atoms with Crippen LogP contribution in [0.2, 0.25) is 0 Å². The highest BCUT2D eigenvalue weighted by Gasteiger charge is 2.24. The van der Waals surface area contributed by atoms with Crippen molar-refractivity contribution >= 4 is 29.7 Å². The molecule has 2 atom stereocenters. The van der Waals surface area contributed by atoms with Crippen molar-refractivity contribution < 1.29 is 4.79 Å². The predicted molar refractivity (Wildman–Crippen MR) is 73.7 cm³/mol. The second-order valence-corrected chi connectivity index (χ2v) is 5.27. The molecule has 1 unspecified atom stereocenters. The minimum absolute atomic E-state index is 0. The fourth-order valence-electron chi connectivity index (χ4n) is 2.10. The van der Waals surface area contributed by atoms with E-state index in [2.05, 4.69) is 16.8 Å². The van der Waals surface area contributed by atoms with Gasteiger partial charge in [0.2, 0.25) is 5.91 Å². The summed E-state index contributed by atoms with van der Waals surface area (Å²) in [5, 5.41) is 5.16. The van der Waals surface area contributed by atoms with Gasteiger partial charge < -0.3 is 11.1 Å². The molecule has 0 fully saturated rings. The molecule has 3 N–H and O–H groups in total. The standard InChI is InChI=1S/C12H18N2OS.ClH/c1-2-9(13)12(15)14-10-4-3-5-11-8(10)6-7-16-11;/h6-7,9-10H,2-5,13H2,1H3,(H,14,15);1H/t9-,10?;/m0./s1. The third-order valence-corrected chi connectivity index (χ3v) is 4.14. The molecule has 0 bridgehead atoms. The number of carbonyl (C=O) groups excluding carboxylic acids is 1. The van der Waals surface area contributed by atoms with Gasteiger partial charge in [-0.05, 0) is 42.7 Å². The molecule has 1 aromatic heterocycles. The van der Waals surface area contributed by atoms with Crippen molar-refractivity contribution in [2.75, 3.05) is 0 Å². The summed E-state index contributed by atoms with van der Waals surface area (Å²) >= 11 is 1.79. The van der Waals surface area contributed by atoms with Crippen LogP contribution in [0, 0.1) is 0 Å². The van der Waals surface area contributed by atoms with Crippen LogP contribution in [-0.2, 0) is 11.2 Å². The van der Waals surface area contributed by atoms with Gasteiger partial charge in [-0.3, -0.25) is 4.79 Å². The first-order chi connectivity index (χ1) is 7.72. The maximum atomic E-state index is 11.7. The molecule has 3 nitrogen and oxygen atoms in total. The number of hydrogen-bond donors (Lipinski definition) is 2. The molecular formula is C12H19ClN2OS. The van der Waals surface area contributed by atoms with E-state index in [9.17, 15) is 4.79 Å². The van der Waals surface area contributed by atoms with Gasteiger partial charge in [0.15, 0.2) is 0 Å². The molecule has 0 aromatic carbocycles. The van der Waals surface area contributed by atoms with Crippen LogP contribution in [0.4, 0.5) is 0 Å². The first-order valence-electron chi connectivity index (χ1n) is 5.84. The zero-order chi connectivity index (χ0) is 11.5. The van der Waals surface area contributed by atoms with Gasteiger partial charge in [-0.1, -0.05) is 6.92 Å². The lowest BCUT2D eigenvalue weighted by molar-refractivity contribution is -0.123. The summed E-state index contributed by atoms with van der Waals surface area (Å²) < 4.78 is 0. The molecule has 96 valence electrons. The Morgan fingerprint density at radius 3 is 3.18 bits per heavy atom. The summed E-state index contributed by atoms with van der Waals surface area (Å²) in [6.45, 7) is 1.93. The maximum Gasteiger partial charge on any atom is 0.237 e. The summed E-state index contributed by atoms with van der Waals surface area (Å²) in [6, 6.07) is 1.94. The minimum atomic E-state index is -0.371. The van der Waals surface area contributed by atoms with E-state index in [0.717, 1.165) is 19.3 Å². The number of amides is 1. The van der Waals surface area contributed by atoms with Crippen LogP contribution in [0.3, 0.4) is 0 Å². The SMILES string of the molecule is CC[C@H](N)C(=O)NC1CCCc2sccc21.Cl. The molecule has 0 aliphatic heterocycles. The minimum Gasteiger partial charge on any atom is -0.348 e. The van der Waals surface area contributed by atoms with E-state index in [1.807, 2.05) is 6.92 Å². The van der Waals surface area contributed by atoms with Crippen LogP contribution in [0.1, 0.15) is 42.7 Å². The third-order valence-electron chi connectivity index (χ3n) is 3.15. The van der Waals surface area contributed by atoms with Crippen molar-refractivity contribution in [1.82, 2.24) is 5.32 Å². The zero-order valence-corrected chi connectivity index (χ0v) is 11.6. The highest BCUT2D eigenvalue weighted by atomic mass is 35.5. The van der Waals surface area contributed by atoms with Crippen molar-refractivity contribution in [2.24, 2.45) is 5.73 Å². The Bertz CT molecular complexity index is 380. The number of nitrogens with two attached hydrogens (primary N) is 1. The fourth-order valence-corrected chi connectivity index (χ4v) is 3.09. The van der Waals surface area contributed by atoms with Gasteiger partial charge in [-0.2, -0.15) is 0 Å². The highest BCUT2D eigenvalue weighted by Crippen LogP contribution is 2.33. The smallest absolute Gasteiger partial charge is 0.237 e. The van der Waals surface area contributed by atoms with Crippen molar-refractivity contribution in [2.45, 2.75) is 44.7 Å². The van der Waals surface area contributed by atoms with Crippen LogP contribution in [0.25, 0.3) is 0 Å². The first-order valence-corrected chi connectivity index (χ1v) is 6.72. The normalized spacial score (nSPS) is 20.0. The van der Waals surface area contributed by atoms with Crippen LogP contribution in [0.5, 0.6) is 0 Å². The summed E-state index contributed by atoms with van der Waals surface area (Å²) in [5.74, 6) is -0.0217. The van der Waals surface area contributed by atoms with Crippen molar-refractivity contribution in [3.05, 3.63) is 21.9 Å². The molecule has 0 saturated heterocycles. The highest BCUT2D eigenvalue weighted by molar-refractivity contribution is 7.10. The van der Waals surface area contributed by atoms with Crippen LogP contribution < -0.4 is 11.1 Å². The number of hydrogen-bond acceptors (Lipinski definition) is 3. The van der Waals surface area contributed by atoms with Gasteiger partial charge in [0, 0.05) is 4.88 Å². The third kappa shape index (κ3) is 3.21. The second-order valence-electron chi connectivity index (χ2n) is 4.27. The van der Waals surface area contributed by atoms with Gasteiger partial charge in [-0.25, -0.2) is 0 Å². The van der Waals surface area contributed by atoms with E-state index < -0.39 is 0 Å². The second kappa shape index (κ2) is 6.38. The van der Waals surface area contributed by atoms with E-state index in [0.29, 0.717) is 6.42 Å². The molecule has 0 saturated carbocycles. The summed E-state index contributed by atoms with van der Waals surface area (Å²) in [4.78, 5) is 13.2. The van der Waals surface area contributed by atoms with E-state index in [1.165, 1.54) is 10.4 Å². The summed E-state index contributed by atoms with van der Waals surface area (Å²) in [5.41, 5.74) is 7.02. The van der Waals surface area contributed by atoms with E-state index >= 15 is 0 Å². The molecule has 0 spiro atoms.